The Morgan fingerprint density at radius 2 is 1.41 bits per heavy atom. The van der Waals surface area contributed by atoms with E-state index in [1.165, 1.54) is 30.0 Å². The first kappa shape index (κ1) is 27.3. The minimum atomic E-state index is -0.625. The summed E-state index contributed by atoms with van der Waals surface area (Å²) in [5.41, 5.74) is 1.55. The van der Waals surface area contributed by atoms with Crippen molar-refractivity contribution in [2.75, 3.05) is 10.6 Å². The van der Waals surface area contributed by atoms with Crippen molar-refractivity contribution < 1.29 is 18.8 Å². The molecule has 3 N–H and O–H groups in total. The molecule has 3 amide bonds. The van der Waals surface area contributed by atoms with Crippen LogP contribution >= 0.6 is 11.8 Å². The highest BCUT2D eigenvalue weighted by Gasteiger charge is 2.18. The van der Waals surface area contributed by atoms with E-state index in [2.05, 4.69) is 16.0 Å². The first-order valence-electron chi connectivity index (χ1n) is 12.2. The van der Waals surface area contributed by atoms with Crippen molar-refractivity contribution in [3.05, 3.63) is 132 Å². The van der Waals surface area contributed by atoms with Crippen molar-refractivity contribution in [3.63, 3.8) is 0 Å². The lowest BCUT2D eigenvalue weighted by molar-refractivity contribution is -0.115. The summed E-state index contributed by atoms with van der Waals surface area (Å²) in [7, 11) is 0. The normalized spacial score (nSPS) is 11.8. The third-order valence-corrected chi connectivity index (χ3v) is 6.64. The molecule has 1 unspecified atom stereocenters. The summed E-state index contributed by atoms with van der Waals surface area (Å²) in [5.74, 6) is -1.81. The second kappa shape index (κ2) is 13.2. The van der Waals surface area contributed by atoms with Gasteiger partial charge in [-0.25, -0.2) is 4.39 Å². The molecule has 196 valence electrons. The number of hydrogen-bond acceptors (Lipinski definition) is 4. The summed E-state index contributed by atoms with van der Waals surface area (Å²) in [6.07, 6.45) is 1.29. The third-order valence-electron chi connectivity index (χ3n) is 5.55. The molecule has 0 spiro atoms. The summed E-state index contributed by atoms with van der Waals surface area (Å²) in [4.78, 5) is 39.4. The van der Waals surface area contributed by atoms with Gasteiger partial charge in [-0.3, -0.25) is 14.4 Å². The topological polar surface area (TPSA) is 87.3 Å². The third kappa shape index (κ3) is 7.90. The van der Waals surface area contributed by atoms with Gasteiger partial charge in [0.25, 0.3) is 11.8 Å². The number of anilines is 2. The Morgan fingerprint density at radius 3 is 2.13 bits per heavy atom. The molecule has 6 nitrogen and oxygen atoms in total. The zero-order valence-electron chi connectivity index (χ0n) is 21.1. The van der Waals surface area contributed by atoms with E-state index < -0.39 is 22.9 Å². The maximum atomic E-state index is 14.4. The Kier molecular flexibility index (Phi) is 9.26. The predicted octanol–water partition coefficient (Wildman–Crippen LogP) is 6.35. The molecule has 0 saturated heterocycles. The van der Waals surface area contributed by atoms with E-state index >= 15 is 0 Å². The summed E-state index contributed by atoms with van der Waals surface area (Å²) in [6, 6.07) is 30.6. The Hall–Kier alpha value is -4.69. The largest absolute Gasteiger partial charge is 0.325 e. The van der Waals surface area contributed by atoms with Crippen LogP contribution in [-0.2, 0) is 9.59 Å². The van der Waals surface area contributed by atoms with Crippen molar-refractivity contribution in [2.24, 2.45) is 0 Å². The van der Waals surface area contributed by atoms with Crippen LogP contribution in [0, 0.1) is 5.82 Å². The van der Waals surface area contributed by atoms with Gasteiger partial charge in [-0.15, -0.1) is 11.8 Å². The second-order valence-electron chi connectivity index (χ2n) is 8.50. The fourth-order valence-corrected chi connectivity index (χ4v) is 4.49. The molecule has 0 aliphatic heterocycles. The van der Waals surface area contributed by atoms with Crippen molar-refractivity contribution in [3.8, 4) is 0 Å². The van der Waals surface area contributed by atoms with Crippen molar-refractivity contribution >= 4 is 46.9 Å². The van der Waals surface area contributed by atoms with Gasteiger partial charge in [-0.05, 0) is 61.5 Å². The number of halogens is 1. The van der Waals surface area contributed by atoms with Crippen LogP contribution in [0.25, 0.3) is 6.08 Å². The maximum absolute atomic E-state index is 14.4. The highest BCUT2D eigenvalue weighted by Crippen LogP contribution is 2.27. The number of nitrogens with one attached hydrogen (secondary N) is 3. The predicted molar refractivity (Wildman–Crippen MR) is 154 cm³/mol. The van der Waals surface area contributed by atoms with Gasteiger partial charge in [0.2, 0.25) is 5.91 Å². The van der Waals surface area contributed by atoms with Crippen LogP contribution in [0.4, 0.5) is 15.8 Å². The van der Waals surface area contributed by atoms with Gasteiger partial charge >= 0.3 is 0 Å². The molecule has 1 atom stereocenters. The zero-order valence-corrected chi connectivity index (χ0v) is 21.9. The summed E-state index contributed by atoms with van der Waals surface area (Å²) in [5, 5.41) is 7.83. The van der Waals surface area contributed by atoms with E-state index in [1.807, 2.05) is 36.4 Å². The number of rotatable bonds is 9. The van der Waals surface area contributed by atoms with Gasteiger partial charge < -0.3 is 16.0 Å². The SMILES string of the molecule is CC(Sc1cccc(NC(=O)/C(=C/c2ccccc2F)NC(=O)c2ccccc2)c1)C(=O)Nc1ccccc1. The Balaban J connectivity index is 1.49. The average molecular weight is 540 g/mol. The smallest absolute Gasteiger partial charge is 0.272 e. The molecular formula is C31H26FN3O3S. The number of carbonyl (C=O) groups is 3. The van der Waals surface area contributed by atoms with E-state index in [0.29, 0.717) is 16.9 Å². The van der Waals surface area contributed by atoms with Crippen molar-refractivity contribution in [1.29, 1.82) is 0 Å². The Morgan fingerprint density at radius 1 is 0.769 bits per heavy atom. The van der Waals surface area contributed by atoms with Gasteiger partial charge in [0, 0.05) is 27.4 Å². The molecule has 0 fully saturated rings. The minimum Gasteiger partial charge on any atom is -0.325 e. The lowest BCUT2D eigenvalue weighted by atomic mass is 10.1. The van der Waals surface area contributed by atoms with Gasteiger partial charge in [0.15, 0.2) is 0 Å². The number of carbonyl (C=O) groups excluding carboxylic acids is 3. The standard InChI is InChI=1S/C31H26FN3O3S/c1-21(29(36)33-24-14-6-3-7-15-24)39-26-17-10-16-25(20-26)34-31(38)28(19-23-13-8-9-18-27(23)32)35-30(37)22-11-4-2-5-12-22/h2-21H,1H3,(H,33,36)(H,34,38)(H,35,37)/b28-19-. The molecule has 0 heterocycles. The lowest BCUT2D eigenvalue weighted by Crippen LogP contribution is -2.30. The molecule has 8 heteroatoms. The van der Waals surface area contributed by atoms with Gasteiger partial charge in [0.05, 0.1) is 5.25 Å². The number of benzene rings is 4. The van der Waals surface area contributed by atoms with E-state index in [0.717, 1.165) is 4.90 Å². The molecule has 0 aliphatic rings. The Labute approximate surface area is 230 Å². The molecule has 0 aliphatic carbocycles. The van der Waals surface area contributed by atoms with Gasteiger partial charge in [0.1, 0.15) is 11.5 Å². The number of thioether (sulfide) groups is 1. The summed E-state index contributed by atoms with van der Waals surface area (Å²) >= 11 is 1.34. The van der Waals surface area contributed by atoms with Crippen molar-refractivity contribution in [1.82, 2.24) is 5.32 Å². The molecule has 0 bridgehead atoms. The highest BCUT2D eigenvalue weighted by atomic mass is 32.2. The van der Waals surface area contributed by atoms with Crippen LogP contribution in [0.1, 0.15) is 22.8 Å². The molecule has 4 rings (SSSR count). The fraction of sp³-hybridized carbons (Fsp3) is 0.0645. The second-order valence-corrected chi connectivity index (χ2v) is 9.91. The Bertz CT molecular complexity index is 1490. The first-order chi connectivity index (χ1) is 18.9. The lowest BCUT2D eigenvalue weighted by Gasteiger charge is -2.14. The quantitative estimate of drug-likeness (QED) is 0.171. The van der Waals surface area contributed by atoms with E-state index in [4.69, 9.17) is 0 Å². The van der Waals surface area contributed by atoms with Crippen LogP contribution < -0.4 is 16.0 Å². The molecule has 0 saturated carbocycles. The van der Waals surface area contributed by atoms with Crippen LogP contribution in [0.3, 0.4) is 0 Å². The summed E-state index contributed by atoms with van der Waals surface area (Å²) < 4.78 is 14.4. The van der Waals surface area contributed by atoms with Crippen molar-refractivity contribution in [2.45, 2.75) is 17.1 Å². The maximum Gasteiger partial charge on any atom is 0.272 e. The zero-order chi connectivity index (χ0) is 27.6. The van der Waals surface area contributed by atoms with Crippen LogP contribution in [0.15, 0.2) is 120 Å². The van der Waals surface area contributed by atoms with E-state index in [-0.39, 0.29) is 17.2 Å². The number of amides is 3. The summed E-state index contributed by atoms with van der Waals surface area (Å²) in [6.45, 7) is 1.79. The average Bonchev–Trinajstić information content (AvgIpc) is 2.95. The van der Waals surface area contributed by atoms with Crippen LogP contribution in [0.5, 0.6) is 0 Å². The van der Waals surface area contributed by atoms with Gasteiger partial charge in [-0.2, -0.15) is 0 Å². The fourth-order valence-electron chi connectivity index (χ4n) is 3.56. The minimum absolute atomic E-state index is 0.123. The van der Waals surface area contributed by atoms with E-state index in [1.54, 1.807) is 67.6 Å². The molecule has 0 aromatic heterocycles. The molecule has 39 heavy (non-hydrogen) atoms. The number of para-hydroxylation sites is 1. The first-order valence-corrected chi connectivity index (χ1v) is 13.0. The van der Waals surface area contributed by atoms with Crippen LogP contribution in [-0.4, -0.2) is 23.0 Å². The van der Waals surface area contributed by atoms with E-state index in [9.17, 15) is 18.8 Å². The molecule has 4 aromatic carbocycles. The van der Waals surface area contributed by atoms with Gasteiger partial charge in [-0.1, -0.05) is 60.7 Å². The monoisotopic (exact) mass is 539 g/mol. The number of hydrogen-bond donors (Lipinski definition) is 3. The molecule has 0 radical (unpaired) electrons. The molecular weight excluding hydrogens is 513 g/mol. The van der Waals surface area contributed by atoms with Crippen LogP contribution in [0.2, 0.25) is 0 Å². The molecule has 4 aromatic rings. The highest BCUT2D eigenvalue weighted by molar-refractivity contribution is 8.00.